The molecule has 0 aliphatic heterocycles. The van der Waals surface area contributed by atoms with Crippen LogP contribution in [0.1, 0.15) is 18.9 Å². The highest BCUT2D eigenvalue weighted by molar-refractivity contribution is 9.10. The first-order valence-corrected chi connectivity index (χ1v) is 6.95. The number of pyridine rings is 1. The van der Waals surface area contributed by atoms with Crippen molar-refractivity contribution in [1.29, 1.82) is 0 Å². The predicted molar refractivity (Wildman–Crippen MR) is 81.0 cm³/mol. The van der Waals surface area contributed by atoms with E-state index < -0.39 is 0 Å². The average molecular weight is 340 g/mol. The number of rotatable bonds is 3. The molecule has 2 rings (SSSR count). The minimum Gasteiger partial charge on any atom is -0.411 e. The SMILES string of the molecule is CCC(=NO)c1ccc(Cl)cc1-c1cc(Br)ccn1. The summed E-state index contributed by atoms with van der Waals surface area (Å²) >= 11 is 9.48. The molecule has 1 N–H and O–H groups in total. The van der Waals surface area contributed by atoms with Crippen molar-refractivity contribution in [2.45, 2.75) is 13.3 Å². The van der Waals surface area contributed by atoms with Crippen molar-refractivity contribution in [2.75, 3.05) is 0 Å². The van der Waals surface area contributed by atoms with Crippen LogP contribution in [0.2, 0.25) is 5.02 Å². The second-order valence-corrected chi connectivity index (χ2v) is 5.30. The molecule has 5 heteroatoms. The second kappa shape index (κ2) is 6.17. The number of hydrogen-bond acceptors (Lipinski definition) is 3. The van der Waals surface area contributed by atoms with Crippen molar-refractivity contribution < 1.29 is 5.21 Å². The number of halogens is 2. The Morgan fingerprint density at radius 3 is 2.79 bits per heavy atom. The number of aromatic nitrogens is 1. The molecular formula is C14H12BrClN2O. The van der Waals surface area contributed by atoms with Gasteiger partial charge in [0.2, 0.25) is 0 Å². The van der Waals surface area contributed by atoms with Crippen LogP contribution in [0.3, 0.4) is 0 Å². The Kier molecular flexibility index (Phi) is 4.56. The normalized spacial score (nSPS) is 11.6. The highest BCUT2D eigenvalue weighted by Gasteiger charge is 2.12. The predicted octanol–water partition coefficient (Wildman–Crippen LogP) is 4.75. The summed E-state index contributed by atoms with van der Waals surface area (Å²) in [5.41, 5.74) is 3.07. The Morgan fingerprint density at radius 1 is 1.37 bits per heavy atom. The number of oxime groups is 1. The van der Waals surface area contributed by atoms with Crippen molar-refractivity contribution in [3.8, 4) is 11.3 Å². The van der Waals surface area contributed by atoms with Gasteiger partial charge in [0, 0.05) is 26.8 Å². The van der Waals surface area contributed by atoms with Gasteiger partial charge in [-0.25, -0.2) is 0 Å². The fraction of sp³-hybridized carbons (Fsp3) is 0.143. The minimum absolute atomic E-state index is 0.605. The van der Waals surface area contributed by atoms with E-state index in [2.05, 4.69) is 26.1 Å². The van der Waals surface area contributed by atoms with E-state index in [1.165, 1.54) is 0 Å². The molecule has 0 bridgehead atoms. The Balaban J connectivity index is 2.64. The van der Waals surface area contributed by atoms with Crippen LogP contribution < -0.4 is 0 Å². The van der Waals surface area contributed by atoms with Crippen LogP contribution in [0.25, 0.3) is 11.3 Å². The second-order valence-electron chi connectivity index (χ2n) is 3.95. The van der Waals surface area contributed by atoms with Gasteiger partial charge in [-0.05, 0) is 30.7 Å². The molecule has 19 heavy (non-hydrogen) atoms. The van der Waals surface area contributed by atoms with Crippen LogP contribution in [0.4, 0.5) is 0 Å². The molecule has 98 valence electrons. The lowest BCUT2D eigenvalue weighted by atomic mass is 9.98. The molecule has 0 aliphatic rings. The molecule has 2 aromatic rings. The Labute approximate surface area is 125 Å². The van der Waals surface area contributed by atoms with Gasteiger partial charge in [0.1, 0.15) is 0 Å². The largest absolute Gasteiger partial charge is 0.411 e. The zero-order valence-electron chi connectivity index (χ0n) is 10.3. The topological polar surface area (TPSA) is 45.5 Å². The first-order chi connectivity index (χ1) is 9.15. The van der Waals surface area contributed by atoms with Gasteiger partial charge < -0.3 is 5.21 Å². The summed E-state index contributed by atoms with van der Waals surface area (Å²) in [4.78, 5) is 4.34. The molecule has 0 aliphatic carbocycles. The molecule has 0 unspecified atom stereocenters. The van der Waals surface area contributed by atoms with Crippen molar-refractivity contribution in [1.82, 2.24) is 4.98 Å². The van der Waals surface area contributed by atoms with E-state index in [9.17, 15) is 0 Å². The number of hydrogen-bond donors (Lipinski definition) is 1. The zero-order valence-corrected chi connectivity index (χ0v) is 12.6. The van der Waals surface area contributed by atoms with Crippen LogP contribution in [0.15, 0.2) is 46.2 Å². The first kappa shape index (κ1) is 14.0. The first-order valence-electron chi connectivity index (χ1n) is 5.78. The van der Waals surface area contributed by atoms with Gasteiger partial charge in [-0.3, -0.25) is 4.98 Å². The molecule has 1 aromatic carbocycles. The lowest BCUT2D eigenvalue weighted by Gasteiger charge is -2.10. The monoisotopic (exact) mass is 338 g/mol. The van der Waals surface area contributed by atoms with E-state index in [4.69, 9.17) is 16.8 Å². The Bertz CT molecular complexity index is 629. The van der Waals surface area contributed by atoms with Gasteiger partial charge in [0.05, 0.1) is 11.4 Å². The zero-order chi connectivity index (χ0) is 13.8. The summed E-state index contributed by atoms with van der Waals surface area (Å²) in [5, 5.41) is 13.1. The molecule has 0 amide bonds. The molecule has 0 fully saturated rings. The average Bonchev–Trinajstić information content (AvgIpc) is 2.41. The van der Waals surface area contributed by atoms with Crippen LogP contribution >= 0.6 is 27.5 Å². The van der Waals surface area contributed by atoms with E-state index >= 15 is 0 Å². The molecule has 1 heterocycles. The van der Waals surface area contributed by atoms with Crippen molar-refractivity contribution in [3.05, 3.63) is 51.6 Å². The summed E-state index contributed by atoms with van der Waals surface area (Å²) in [6.45, 7) is 1.93. The number of nitrogens with zero attached hydrogens (tertiary/aromatic N) is 2. The molecule has 0 saturated carbocycles. The minimum atomic E-state index is 0.605. The van der Waals surface area contributed by atoms with Crippen LogP contribution in [-0.4, -0.2) is 15.9 Å². The summed E-state index contributed by atoms with van der Waals surface area (Å²) in [6.07, 6.45) is 2.34. The van der Waals surface area contributed by atoms with Crippen molar-refractivity contribution in [3.63, 3.8) is 0 Å². The molecule has 0 atom stereocenters. The quantitative estimate of drug-likeness (QED) is 0.498. The summed E-state index contributed by atoms with van der Waals surface area (Å²) in [6, 6.07) is 9.21. The van der Waals surface area contributed by atoms with Gasteiger partial charge in [0.15, 0.2) is 0 Å². The fourth-order valence-electron chi connectivity index (χ4n) is 1.85. The van der Waals surface area contributed by atoms with E-state index in [0.29, 0.717) is 17.2 Å². The molecular weight excluding hydrogens is 328 g/mol. The molecule has 1 aromatic heterocycles. The maximum absolute atomic E-state index is 9.10. The lowest BCUT2D eigenvalue weighted by Crippen LogP contribution is -2.02. The van der Waals surface area contributed by atoms with E-state index in [-0.39, 0.29) is 0 Å². The lowest BCUT2D eigenvalue weighted by molar-refractivity contribution is 0.318. The van der Waals surface area contributed by atoms with E-state index in [0.717, 1.165) is 21.3 Å². The molecule has 0 saturated heterocycles. The van der Waals surface area contributed by atoms with E-state index in [1.807, 2.05) is 31.2 Å². The third kappa shape index (κ3) is 3.14. The highest BCUT2D eigenvalue weighted by atomic mass is 79.9. The summed E-state index contributed by atoms with van der Waals surface area (Å²) in [5.74, 6) is 0. The van der Waals surface area contributed by atoms with E-state index in [1.54, 1.807) is 12.3 Å². The van der Waals surface area contributed by atoms with Crippen molar-refractivity contribution >= 4 is 33.2 Å². The Morgan fingerprint density at radius 2 is 2.16 bits per heavy atom. The number of benzene rings is 1. The maximum atomic E-state index is 9.10. The highest BCUT2D eigenvalue weighted by Crippen LogP contribution is 2.28. The smallest absolute Gasteiger partial charge is 0.0871 e. The van der Waals surface area contributed by atoms with Gasteiger partial charge in [-0.2, -0.15) is 0 Å². The third-order valence-corrected chi connectivity index (χ3v) is 3.47. The standard InChI is InChI=1S/C14H12BrClN2O/c1-2-13(18-19)11-4-3-10(16)8-12(11)14-7-9(15)5-6-17-14/h3-8,19H,2H2,1H3. The van der Waals surface area contributed by atoms with Crippen LogP contribution in [-0.2, 0) is 0 Å². The van der Waals surface area contributed by atoms with Gasteiger partial charge in [-0.1, -0.05) is 45.7 Å². The van der Waals surface area contributed by atoms with Crippen LogP contribution in [0.5, 0.6) is 0 Å². The Hall–Kier alpha value is -1.39. The van der Waals surface area contributed by atoms with Crippen LogP contribution in [0, 0.1) is 0 Å². The molecule has 3 nitrogen and oxygen atoms in total. The van der Waals surface area contributed by atoms with Crippen molar-refractivity contribution in [2.24, 2.45) is 5.16 Å². The maximum Gasteiger partial charge on any atom is 0.0871 e. The molecule has 0 spiro atoms. The third-order valence-electron chi connectivity index (χ3n) is 2.75. The molecule has 0 radical (unpaired) electrons. The summed E-state index contributed by atoms with van der Waals surface area (Å²) < 4.78 is 0.933. The van der Waals surface area contributed by atoms with Gasteiger partial charge in [0.25, 0.3) is 0 Å². The summed E-state index contributed by atoms with van der Waals surface area (Å²) in [7, 11) is 0. The van der Waals surface area contributed by atoms with Gasteiger partial charge in [-0.15, -0.1) is 0 Å². The van der Waals surface area contributed by atoms with Gasteiger partial charge >= 0.3 is 0 Å². The fourth-order valence-corrected chi connectivity index (χ4v) is 2.35.